The fraction of sp³-hybridized carbons (Fsp3) is 0.333. The molecule has 6 heteroatoms. The molecule has 0 spiro atoms. The molecule has 0 amide bonds. The monoisotopic (exact) mass is 404 g/mol. The van der Waals surface area contributed by atoms with E-state index in [-0.39, 0.29) is 7.43 Å². The standard InChI is InChI=1S/C20H26N2O2PS.CH3/c1-4-24-25(3,23)15-7-12-22-18-8-5-6-9-19(18)26-20(22)16-17-10-13-21(2)14-11-17;/h5-6,8-11,13-14,16H,4,7,12,15H2,1-3H3;1H3/q+1;-1. The van der Waals surface area contributed by atoms with Gasteiger partial charge in [-0.25, -0.2) is 4.57 Å². The number of rotatable bonds is 7. The number of nitrogens with zero attached hydrogens (tertiary/aromatic N) is 2. The maximum atomic E-state index is 12.4. The lowest BCUT2D eigenvalue weighted by Crippen LogP contribution is -2.25. The maximum Gasteiger partial charge on any atom is 0.200 e. The lowest BCUT2D eigenvalue weighted by Gasteiger charge is -2.21. The number of pyridine rings is 1. The summed E-state index contributed by atoms with van der Waals surface area (Å²) in [4.78, 5) is 3.60. The highest BCUT2D eigenvalue weighted by atomic mass is 32.2. The molecule has 0 radical (unpaired) electrons. The van der Waals surface area contributed by atoms with Crippen LogP contribution in [0.15, 0.2) is 58.7 Å². The van der Waals surface area contributed by atoms with Crippen LogP contribution in [0.3, 0.4) is 0 Å². The van der Waals surface area contributed by atoms with Crippen LogP contribution in [0, 0.1) is 7.43 Å². The topological polar surface area (TPSA) is 33.4 Å². The number of aromatic nitrogens is 1. The molecule has 4 nitrogen and oxygen atoms in total. The van der Waals surface area contributed by atoms with E-state index in [0.29, 0.717) is 12.8 Å². The highest BCUT2D eigenvalue weighted by Gasteiger charge is 2.25. The second-order valence-electron chi connectivity index (χ2n) is 6.51. The molecule has 0 N–H and O–H groups in total. The van der Waals surface area contributed by atoms with E-state index >= 15 is 0 Å². The Morgan fingerprint density at radius 3 is 2.63 bits per heavy atom. The molecule has 146 valence electrons. The molecule has 1 aliphatic rings. The van der Waals surface area contributed by atoms with Crippen molar-refractivity contribution in [3.63, 3.8) is 0 Å². The summed E-state index contributed by atoms with van der Waals surface area (Å²) in [6, 6.07) is 12.7. The van der Waals surface area contributed by atoms with Gasteiger partial charge in [-0.2, -0.15) is 0 Å². The van der Waals surface area contributed by atoms with Crippen molar-refractivity contribution in [2.45, 2.75) is 18.2 Å². The second-order valence-corrected chi connectivity index (χ2v) is 10.3. The first-order valence-corrected chi connectivity index (χ1v) is 12.0. The number of thioether (sulfide) groups is 1. The molecule has 1 aromatic carbocycles. The molecule has 0 bridgehead atoms. The number of fused-ring (bicyclic) bond motifs is 1. The molecule has 2 aromatic rings. The zero-order valence-corrected chi connectivity index (χ0v) is 18.3. The van der Waals surface area contributed by atoms with Gasteiger partial charge in [-0.05, 0) is 37.1 Å². The van der Waals surface area contributed by atoms with Gasteiger partial charge in [0.05, 0.1) is 17.3 Å². The molecule has 0 aliphatic carbocycles. The van der Waals surface area contributed by atoms with E-state index in [2.05, 4.69) is 59.8 Å². The maximum absolute atomic E-state index is 12.4. The van der Waals surface area contributed by atoms with E-state index in [1.54, 1.807) is 18.4 Å². The first kappa shape index (κ1) is 21.7. The molecule has 1 aromatic heterocycles. The lowest BCUT2D eigenvalue weighted by molar-refractivity contribution is -0.671. The molecule has 0 saturated heterocycles. The third kappa shape index (κ3) is 5.71. The molecular formula is C21H29N2O2PS. The van der Waals surface area contributed by atoms with Crippen molar-refractivity contribution in [3.05, 3.63) is 66.8 Å². The minimum Gasteiger partial charge on any atom is -0.358 e. The summed E-state index contributed by atoms with van der Waals surface area (Å²) in [5.74, 6) is 0. The molecule has 1 atom stereocenters. The molecule has 3 rings (SSSR count). The highest BCUT2D eigenvalue weighted by Crippen LogP contribution is 2.47. The van der Waals surface area contributed by atoms with Crippen molar-refractivity contribution in [2.75, 3.05) is 30.9 Å². The summed E-state index contributed by atoms with van der Waals surface area (Å²) in [5.41, 5.74) is 2.41. The van der Waals surface area contributed by atoms with Crippen LogP contribution in [0.1, 0.15) is 18.9 Å². The van der Waals surface area contributed by atoms with Crippen LogP contribution >= 0.6 is 19.1 Å². The summed E-state index contributed by atoms with van der Waals surface area (Å²) >= 11 is 1.79. The quantitative estimate of drug-likeness (QED) is 0.360. The van der Waals surface area contributed by atoms with Gasteiger partial charge in [0.25, 0.3) is 0 Å². The minimum atomic E-state index is -2.48. The summed E-state index contributed by atoms with van der Waals surface area (Å²) in [7, 11) is -0.463. The second kappa shape index (κ2) is 9.59. The highest BCUT2D eigenvalue weighted by molar-refractivity contribution is 8.03. The average molecular weight is 405 g/mol. The fourth-order valence-corrected chi connectivity index (χ4v) is 5.54. The SMILES string of the molecule is CCOP(C)(=O)CCCN1C(=Cc2cc[n+](C)cc2)Sc2ccccc21.[CH3-]. The Kier molecular flexibility index (Phi) is 7.72. The smallest absolute Gasteiger partial charge is 0.200 e. The van der Waals surface area contributed by atoms with Gasteiger partial charge in [-0.15, -0.1) is 0 Å². The largest absolute Gasteiger partial charge is 0.358 e. The Balaban J connectivity index is 0.00000261. The van der Waals surface area contributed by atoms with Gasteiger partial charge in [-0.3, -0.25) is 4.57 Å². The Morgan fingerprint density at radius 2 is 1.93 bits per heavy atom. The third-order valence-corrected chi connectivity index (χ3v) is 7.32. The molecule has 1 unspecified atom stereocenters. The normalized spacial score (nSPS) is 16.7. The summed E-state index contributed by atoms with van der Waals surface area (Å²) in [6.45, 7) is 4.97. The number of anilines is 1. The van der Waals surface area contributed by atoms with Gasteiger partial charge in [-0.1, -0.05) is 23.9 Å². The van der Waals surface area contributed by atoms with Crippen LogP contribution in [0.5, 0.6) is 0 Å². The molecule has 0 fully saturated rings. The van der Waals surface area contributed by atoms with Gasteiger partial charge >= 0.3 is 0 Å². The van der Waals surface area contributed by atoms with Gasteiger partial charge in [0, 0.05) is 36.4 Å². The van der Waals surface area contributed by atoms with Crippen molar-refractivity contribution in [1.29, 1.82) is 0 Å². The Labute approximate surface area is 167 Å². The Hall–Kier alpha value is -1.55. The number of benzene rings is 1. The molecule has 0 saturated carbocycles. The van der Waals surface area contributed by atoms with E-state index in [1.165, 1.54) is 21.2 Å². The number of hydrogen-bond donors (Lipinski definition) is 0. The van der Waals surface area contributed by atoms with Crippen molar-refractivity contribution >= 4 is 30.9 Å². The number of aryl methyl sites for hydroxylation is 1. The van der Waals surface area contributed by atoms with Crippen LogP contribution < -0.4 is 9.47 Å². The molecule has 2 heterocycles. The molecule has 27 heavy (non-hydrogen) atoms. The first-order valence-electron chi connectivity index (χ1n) is 8.91. The van der Waals surface area contributed by atoms with E-state index in [1.807, 2.05) is 18.5 Å². The summed E-state index contributed by atoms with van der Waals surface area (Å²) in [6.07, 6.45) is 7.78. The Bertz CT molecular complexity index is 836. The zero-order valence-electron chi connectivity index (χ0n) is 16.6. The zero-order chi connectivity index (χ0) is 18.6. The van der Waals surface area contributed by atoms with Crippen molar-refractivity contribution in [3.8, 4) is 0 Å². The van der Waals surface area contributed by atoms with Crippen molar-refractivity contribution < 1.29 is 13.7 Å². The molecular weight excluding hydrogens is 375 g/mol. The van der Waals surface area contributed by atoms with Gasteiger partial charge in [0.15, 0.2) is 19.8 Å². The van der Waals surface area contributed by atoms with E-state index in [4.69, 9.17) is 4.52 Å². The van der Waals surface area contributed by atoms with Crippen LogP contribution in [0.25, 0.3) is 6.08 Å². The van der Waals surface area contributed by atoms with Crippen LogP contribution in [0.2, 0.25) is 0 Å². The van der Waals surface area contributed by atoms with Gasteiger partial charge in [0.1, 0.15) is 7.05 Å². The summed E-state index contributed by atoms with van der Waals surface area (Å²) in [5, 5.41) is 1.21. The van der Waals surface area contributed by atoms with Gasteiger partial charge < -0.3 is 16.9 Å². The van der Waals surface area contributed by atoms with Crippen LogP contribution in [-0.2, 0) is 16.1 Å². The van der Waals surface area contributed by atoms with E-state index in [0.717, 1.165) is 13.0 Å². The predicted octanol–water partition coefficient (Wildman–Crippen LogP) is 5.21. The average Bonchev–Trinajstić information content (AvgIpc) is 2.94. The number of hydrogen-bond acceptors (Lipinski definition) is 4. The summed E-state index contributed by atoms with van der Waals surface area (Å²) < 4.78 is 19.8. The minimum absolute atomic E-state index is 0. The van der Waals surface area contributed by atoms with Crippen LogP contribution in [0.4, 0.5) is 5.69 Å². The van der Waals surface area contributed by atoms with Gasteiger partial charge in [0.2, 0.25) is 0 Å². The van der Waals surface area contributed by atoms with Crippen molar-refractivity contribution in [1.82, 2.24) is 0 Å². The number of para-hydroxylation sites is 1. The van der Waals surface area contributed by atoms with Crippen LogP contribution in [-0.4, -0.2) is 26.0 Å². The van der Waals surface area contributed by atoms with Crippen molar-refractivity contribution in [2.24, 2.45) is 7.05 Å². The fourth-order valence-electron chi connectivity index (χ4n) is 3.00. The third-order valence-electron chi connectivity index (χ3n) is 4.28. The predicted molar refractivity (Wildman–Crippen MR) is 116 cm³/mol. The Morgan fingerprint density at radius 1 is 1.22 bits per heavy atom. The molecule has 1 aliphatic heterocycles. The van der Waals surface area contributed by atoms with E-state index < -0.39 is 7.37 Å². The first-order chi connectivity index (χ1) is 12.5. The van der Waals surface area contributed by atoms with E-state index in [9.17, 15) is 4.57 Å². The lowest BCUT2D eigenvalue weighted by atomic mass is 10.2.